The zero-order valence-electron chi connectivity index (χ0n) is 13.9. The fraction of sp³-hybridized carbons (Fsp3) is 0.105. The molecule has 0 radical (unpaired) electrons. The van der Waals surface area contributed by atoms with Gasteiger partial charge in [-0.1, -0.05) is 34.1 Å². The number of carbonyl (C=O) groups is 1. The van der Waals surface area contributed by atoms with E-state index in [0.29, 0.717) is 11.5 Å². The fourth-order valence-electron chi connectivity index (χ4n) is 2.30. The highest BCUT2D eigenvalue weighted by atomic mass is 79.9. The van der Waals surface area contributed by atoms with Crippen molar-refractivity contribution in [2.75, 3.05) is 10.6 Å². The third-order valence-corrected chi connectivity index (χ3v) is 4.33. The molecule has 1 heterocycles. The molecule has 0 saturated heterocycles. The number of hydrogen-bond acceptors (Lipinski definition) is 4. The van der Waals surface area contributed by atoms with Crippen molar-refractivity contribution in [3.05, 3.63) is 76.2 Å². The van der Waals surface area contributed by atoms with Gasteiger partial charge in [0.05, 0.1) is 12.4 Å². The molecule has 0 bridgehead atoms. The maximum Gasteiger partial charge on any atom is 0.275 e. The highest BCUT2D eigenvalue weighted by Crippen LogP contribution is 2.21. The van der Waals surface area contributed by atoms with E-state index in [4.69, 9.17) is 0 Å². The van der Waals surface area contributed by atoms with Crippen molar-refractivity contribution < 1.29 is 4.79 Å². The number of benzene rings is 2. The van der Waals surface area contributed by atoms with Gasteiger partial charge >= 0.3 is 0 Å². The van der Waals surface area contributed by atoms with Gasteiger partial charge in [0.25, 0.3) is 5.91 Å². The van der Waals surface area contributed by atoms with Gasteiger partial charge in [-0.3, -0.25) is 4.79 Å². The minimum Gasteiger partial charge on any atom is -0.339 e. The molecule has 0 saturated carbocycles. The van der Waals surface area contributed by atoms with Crippen LogP contribution in [-0.2, 0) is 0 Å². The summed E-state index contributed by atoms with van der Waals surface area (Å²) < 4.78 is 0.893. The van der Waals surface area contributed by atoms with Crippen LogP contribution >= 0.6 is 15.9 Å². The molecule has 0 fully saturated rings. The summed E-state index contributed by atoms with van der Waals surface area (Å²) in [5.74, 6) is 0.289. The fourth-order valence-corrected chi connectivity index (χ4v) is 2.69. The molecule has 6 heteroatoms. The molecule has 0 aliphatic rings. The standard InChI is InChI=1S/C19H17BrN4O/c1-12-5-3-8-16(13(12)2)24-18-11-21-17(10-22-18)19(25)23-15-7-4-6-14(20)9-15/h3-11H,1-2H3,(H,22,24)(H,23,25). The highest BCUT2D eigenvalue weighted by Gasteiger charge is 2.09. The molecule has 2 aromatic carbocycles. The van der Waals surface area contributed by atoms with Gasteiger partial charge in [0.15, 0.2) is 0 Å². The largest absolute Gasteiger partial charge is 0.339 e. The van der Waals surface area contributed by atoms with Gasteiger partial charge < -0.3 is 10.6 Å². The van der Waals surface area contributed by atoms with E-state index in [9.17, 15) is 4.79 Å². The minimum absolute atomic E-state index is 0.256. The van der Waals surface area contributed by atoms with E-state index >= 15 is 0 Å². The Bertz CT molecular complexity index is 910. The van der Waals surface area contributed by atoms with Crippen LogP contribution in [0, 0.1) is 13.8 Å². The second kappa shape index (κ2) is 7.44. The zero-order chi connectivity index (χ0) is 17.8. The van der Waals surface area contributed by atoms with Crippen molar-refractivity contribution in [2.24, 2.45) is 0 Å². The van der Waals surface area contributed by atoms with Crippen molar-refractivity contribution >= 4 is 39.0 Å². The van der Waals surface area contributed by atoms with Gasteiger partial charge in [-0.15, -0.1) is 0 Å². The van der Waals surface area contributed by atoms with Crippen molar-refractivity contribution in [3.63, 3.8) is 0 Å². The summed E-state index contributed by atoms with van der Waals surface area (Å²) in [4.78, 5) is 20.7. The lowest BCUT2D eigenvalue weighted by Gasteiger charge is -2.11. The number of nitrogens with one attached hydrogen (secondary N) is 2. The van der Waals surface area contributed by atoms with Crippen LogP contribution in [0.15, 0.2) is 59.3 Å². The summed E-state index contributed by atoms with van der Waals surface area (Å²) in [7, 11) is 0. The molecule has 5 nitrogen and oxygen atoms in total. The molecule has 0 unspecified atom stereocenters. The van der Waals surface area contributed by atoms with Crippen molar-refractivity contribution in [1.29, 1.82) is 0 Å². The first kappa shape index (κ1) is 17.1. The first-order chi connectivity index (χ1) is 12.0. The van der Waals surface area contributed by atoms with Crippen LogP contribution in [-0.4, -0.2) is 15.9 Å². The molecule has 126 valence electrons. The normalized spacial score (nSPS) is 10.4. The zero-order valence-corrected chi connectivity index (χ0v) is 15.5. The van der Waals surface area contributed by atoms with Crippen LogP contribution in [0.5, 0.6) is 0 Å². The lowest BCUT2D eigenvalue weighted by molar-refractivity contribution is 0.102. The quantitative estimate of drug-likeness (QED) is 0.661. The predicted molar refractivity (Wildman–Crippen MR) is 103 cm³/mol. The SMILES string of the molecule is Cc1cccc(Nc2cnc(C(=O)Nc3cccc(Br)c3)cn2)c1C. The second-order valence-electron chi connectivity index (χ2n) is 5.62. The Morgan fingerprint density at radius 3 is 2.56 bits per heavy atom. The molecule has 2 N–H and O–H groups in total. The van der Waals surface area contributed by atoms with Gasteiger partial charge in [-0.2, -0.15) is 0 Å². The van der Waals surface area contributed by atoms with Gasteiger partial charge in [-0.25, -0.2) is 9.97 Å². The van der Waals surface area contributed by atoms with Gasteiger partial charge in [0.2, 0.25) is 0 Å². The lowest BCUT2D eigenvalue weighted by atomic mass is 10.1. The smallest absolute Gasteiger partial charge is 0.275 e. The molecule has 0 aliphatic carbocycles. The molecule has 1 aromatic heterocycles. The number of rotatable bonds is 4. The van der Waals surface area contributed by atoms with Crippen LogP contribution in [0.3, 0.4) is 0 Å². The third-order valence-electron chi connectivity index (χ3n) is 3.83. The number of anilines is 3. The Morgan fingerprint density at radius 2 is 1.84 bits per heavy atom. The summed E-state index contributed by atoms with van der Waals surface area (Å²) >= 11 is 3.37. The number of nitrogens with zero attached hydrogens (tertiary/aromatic N) is 2. The highest BCUT2D eigenvalue weighted by molar-refractivity contribution is 9.10. The van der Waals surface area contributed by atoms with E-state index in [-0.39, 0.29) is 11.6 Å². The van der Waals surface area contributed by atoms with Gasteiger partial charge in [0, 0.05) is 15.8 Å². The molecule has 3 aromatic rings. The van der Waals surface area contributed by atoms with Crippen LogP contribution in [0.2, 0.25) is 0 Å². The second-order valence-corrected chi connectivity index (χ2v) is 6.54. The monoisotopic (exact) mass is 396 g/mol. The van der Waals surface area contributed by atoms with Crippen LogP contribution in [0.4, 0.5) is 17.2 Å². The number of carbonyl (C=O) groups excluding carboxylic acids is 1. The van der Waals surface area contributed by atoms with Crippen LogP contribution in [0.1, 0.15) is 21.6 Å². The van der Waals surface area contributed by atoms with E-state index in [1.807, 2.05) is 43.3 Å². The Hall–Kier alpha value is -2.73. The third kappa shape index (κ3) is 4.22. The molecule has 0 spiro atoms. The Balaban J connectivity index is 1.71. The molecule has 3 rings (SSSR count). The molecule has 1 amide bonds. The molecular weight excluding hydrogens is 380 g/mol. The maximum atomic E-state index is 12.2. The van der Waals surface area contributed by atoms with Crippen molar-refractivity contribution in [1.82, 2.24) is 9.97 Å². The molecular formula is C19H17BrN4O. The number of halogens is 1. The summed E-state index contributed by atoms with van der Waals surface area (Å²) in [5, 5.41) is 6.02. The minimum atomic E-state index is -0.302. The van der Waals surface area contributed by atoms with Crippen LogP contribution in [0.25, 0.3) is 0 Å². The van der Waals surface area contributed by atoms with E-state index in [0.717, 1.165) is 15.7 Å². The molecule has 0 aliphatic heterocycles. The van der Waals surface area contributed by atoms with Gasteiger partial charge in [-0.05, 0) is 49.2 Å². The number of amides is 1. The Morgan fingerprint density at radius 1 is 1.04 bits per heavy atom. The first-order valence-corrected chi connectivity index (χ1v) is 8.54. The molecule has 25 heavy (non-hydrogen) atoms. The summed E-state index contributed by atoms with van der Waals surface area (Å²) in [6.45, 7) is 4.10. The number of aryl methyl sites for hydroxylation is 1. The summed E-state index contributed by atoms with van der Waals surface area (Å²) in [6, 6.07) is 13.4. The summed E-state index contributed by atoms with van der Waals surface area (Å²) in [6.07, 6.45) is 3.01. The van der Waals surface area contributed by atoms with Crippen LogP contribution < -0.4 is 10.6 Å². The number of aromatic nitrogens is 2. The molecule has 0 atom stereocenters. The predicted octanol–water partition coefficient (Wildman–Crippen LogP) is 4.85. The Labute approximate surface area is 154 Å². The van der Waals surface area contributed by atoms with E-state index in [1.54, 1.807) is 6.20 Å². The van der Waals surface area contributed by atoms with Gasteiger partial charge in [0.1, 0.15) is 11.5 Å². The number of hydrogen-bond donors (Lipinski definition) is 2. The average molecular weight is 397 g/mol. The first-order valence-electron chi connectivity index (χ1n) is 7.75. The topological polar surface area (TPSA) is 66.9 Å². The average Bonchev–Trinajstić information content (AvgIpc) is 2.59. The lowest BCUT2D eigenvalue weighted by Crippen LogP contribution is -2.14. The maximum absolute atomic E-state index is 12.2. The van der Waals surface area contributed by atoms with Crippen molar-refractivity contribution in [3.8, 4) is 0 Å². The summed E-state index contributed by atoms with van der Waals surface area (Å²) in [5.41, 5.74) is 4.27. The van der Waals surface area contributed by atoms with E-state index in [1.165, 1.54) is 11.8 Å². The van der Waals surface area contributed by atoms with Crippen molar-refractivity contribution in [2.45, 2.75) is 13.8 Å². The Kier molecular flexibility index (Phi) is 5.09. The van der Waals surface area contributed by atoms with E-state index in [2.05, 4.69) is 49.5 Å². The van der Waals surface area contributed by atoms with E-state index < -0.39 is 0 Å².